The molecule has 1 atom stereocenters. The lowest BCUT2D eigenvalue weighted by atomic mass is 10.0. The van der Waals surface area contributed by atoms with Crippen LogP contribution >= 0.6 is 0 Å². The fourth-order valence-corrected chi connectivity index (χ4v) is 4.34. The molecule has 1 N–H and O–H groups in total. The number of pyridine rings is 1. The van der Waals surface area contributed by atoms with E-state index >= 15 is 0 Å². The summed E-state index contributed by atoms with van der Waals surface area (Å²) in [5, 5.41) is 4.73. The van der Waals surface area contributed by atoms with Gasteiger partial charge in [-0.25, -0.2) is 9.97 Å². The van der Waals surface area contributed by atoms with Crippen molar-refractivity contribution in [3.05, 3.63) is 67.0 Å². The maximum atomic E-state index is 5.43. The van der Waals surface area contributed by atoms with E-state index in [0.717, 1.165) is 65.4 Å². The van der Waals surface area contributed by atoms with Crippen LogP contribution in [0.2, 0.25) is 0 Å². The molecule has 168 valence electrons. The maximum absolute atomic E-state index is 5.43. The van der Waals surface area contributed by atoms with Crippen LogP contribution in [0.15, 0.2) is 67.0 Å². The fourth-order valence-electron chi connectivity index (χ4n) is 4.34. The predicted octanol–water partition coefficient (Wildman–Crippen LogP) is 4.79. The van der Waals surface area contributed by atoms with E-state index in [4.69, 9.17) is 19.4 Å². The minimum absolute atomic E-state index is 0.270. The Kier molecular flexibility index (Phi) is 5.93. The van der Waals surface area contributed by atoms with Gasteiger partial charge in [-0.3, -0.25) is 4.98 Å². The van der Waals surface area contributed by atoms with Gasteiger partial charge in [0.05, 0.1) is 19.7 Å². The molecule has 0 saturated carbocycles. The third-order valence-electron chi connectivity index (χ3n) is 5.95. The SMILES string of the molecule is COc1cc(NC2CCCN(c3nc(-c4cccnc4)nc4ccccc34)C2)cc(OC)c1. The third kappa shape index (κ3) is 4.53. The standard InChI is InChI=1S/C26H27N5O2/c1-32-21-13-20(14-22(15-21)33-2)28-19-8-6-12-31(17-19)26-23-9-3-4-10-24(23)29-25(30-26)18-7-5-11-27-16-18/h3-5,7,9-11,13-16,19,28H,6,8,12,17H2,1-2H3. The van der Waals surface area contributed by atoms with Crippen molar-refractivity contribution >= 4 is 22.4 Å². The number of anilines is 2. The molecular weight excluding hydrogens is 414 g/mol. The van der Waals surface area contributed by atoms with E-state index in [2.05, 4.69) is 21.3 Å². The van der Waals surface area contributed by atoms with E-state index < -0.39 is 0 Å². The smallest absolute Gasteiger partial charge is 0.163 e. The first-order valence-corrected chi connectivity index (χ1v) is 11.2. The summed E-state index contributed by atoms with van der Waals surface area (Å²) in [6.45, 7) is 1.79. The lowest BCUT2D eigenvalue weighted by Crippen LogP contribution is -2.42. The van der Waals surface area contributed by atoms with Gasteiger partial charge < -0.3 is 19.7 Å². The molecule has 7 nitrogen and oxygen atoms in total. The molecule has 3 heterocycles. The van der Waals surface area contributed by atoms with E-state index in [9.17, 15) is 0 Å². The van der Waals surface area contributed by atoms with Crippen molar-refractivity contribution in [3.8, 4) is 22.9 Å². The van der Waals surface area contributed by atoms with Crippen molar-refractivity contribution in [2.24, 2.45) is 0 Å². The summed E-state index contributed by atoms with van der Waals surface area (Å²) in [7, 11) is 3.34. The summed E-state index contributed by atoms with van der Waals surface area (Å²) >= 11 is 0. The number of benzene rings is 2. The van der Waals surface area contributed by atoms with Crippen LogP contribution < -0.4 is 19.7 Å². The van der Waals surface area contributed by atoms with Crippen LogP contribution in [0.4, 0.5) is 11.5 Å². The van der Waals surface area contributed by atoms with Gasteiger partial charge >= 0.3 is 0 Å². The number of rotatable bonds is 6. The number of hydrogen-bond acceptors (Lipinski definition) is 7. The average molecular weight is 442 g/mol. The number of piperidine rings is 1. The minimum Gasteiger partial charge on any atom is -0.497 e. The normalized spacial score (nSPS) is 15.9. The monoisotopic (exact) mass is 441 g/mol. The van der Waals surface area contributed by atoms with Crippen LogP contribution in [0.25, 0.3) is 22.3 Å². The zero-order chi connectivity index (χ0) is 22.6. The first-order valence-electron chi connectivity index (χ1n) is 11.2. The number of para-hydroxylation sites is 1. The molecule has 1 fully saturated rings. The van der Waals surface area contributed by atoms with E-state index in [1.54, 1.807) is 20.4 Å². The Morgan fingerprint density at radius 3 is 2.55 bits per heavy atom. The summed E-state index contributed by atoms with van der Waals surface area (Å²) in [5.41, 5.74) is 2.84. The summed E-state index contributed by atoms with van der Waals surface area (Å²) in [5.74, 6) is 3.21. The number of ether oxygens (including phenoxy) is 2. The number of hydrogen-bond donors (Lipinski definition) is 1. The van der Waals surface area contributed by atoms with Gasteiger partial charge in [0.15, 0.2) is 5.82 Å². The predicted molar refractivity (Wildman–Crippen MR) is 131 cm³/mol. The molecule has 0 amide bonds. The number of aromatic nitrogens is 3. The molecule has 1 saturated heterocycles. The van der Waals surface area contributed by atoms with E-state index in [1.807, 2.05) is 54.7 Å². The Morgan fingerprint density at radius 2 is 1.79 bits per heavy atom. The van der Waals surface area contributed by atoms with Gasteiger partial charge in [-0.15, -0.1) is 0 Å². The molecule has 0 radical (unpaired) electrons. The molecule has 5 rings (SSSR count). The number of methoxy groups -OCH3 is 2. The molecule has 0 bridgehead atoms. The highest BCUT2D eigenvalue weighted by molar-refractivity contribution is 5.91. The highest BCUT2D eigenvalue weighted by Gasteiger charge is 2.24. The van der Waals surface area contributed by atoms with Gasteiger partial charge in [-0.05, 0) is 37.1 Å². The highest BCUT2D eigenvalue weighted by atomic mass is 16.5. The molecule has 4 aromatic rings. The van der Waals surface area contributed by atoms with Crippen molar-refractivity contribution in [3.63, 3.8) is 0 Å². The Bertz CT molecular complexity index is 1230. The Morgan fingerprint density at radius 1 is 0.970 bits per heavy atom. The van der Waals surface area contributed by atoms with Gasteiger partial charge in [-0.2, -0.15) is 0 Å². The van der Waals surface area contributed by atoms with Crippen LogP contribution in [0.1, 0.15) is 12.8 Å². The quantitative estimate of drug-likeness (QED) is 0.461. The van der Waals surface area contributed by atoms with Crippen LogP contribution in [-0.2, 0) is 0 Å². The largest absolute Gasteiger partial charge is 0.497 e. The first-order chi connectivity index (χ1) is 16.2. The molecule has 7 heteroatoms. The molecule has 0 aliphatic carbocycles. The summed E-state index contributed by atoms with van der Waals surface area (Å²) in [4.78, 5) is 16.4. The van der Waals surface area contributed by atoms with Gasteiger partial charge in [0.1, 0.15) is 17.3 Å². The van der Waals surface area contributed by atoms with Crippen molar-refractivity contribution < 1.29 is 9.47 Å². The Labute approximate surface area is 193 Å². The Balaban J connectivity index is 1.45. The molecular formula is C26H27N5O2. The van der Waals surface area contributed by atoms with Gasteiger partial charge in [-0.1, -0.05) is 12.1 Å². The van der Waals surface area contributed by atoms with Crippen LogP contribution in [0.5, 0.6) is 11.5 Å². The zero-order valence-electron chi connectivity index (χ0n) is 18.9. The lowest BCUT2D eigenvalue weighted by Gasteiger charge is -2.35. The summed E-state index contributed by atoms with van der Waals surface area (Å²) in [6, 6.07) is 18.3. The lowest BCUT2D eigenvalue weighted by molar-refractivity contribution is 0.394. The first kappa shape index (κ1) is 21.0. The molecule has 0 spiro atoms. The van der Waals surface area contributed by atoms with Crippen molar-refractivity contribution in [1.29, 1.82) is 0 Å². The maximum Gasteiger partial charge on any atom is 0.163 e. The van der Waals surface area contributed by atoms with Crippen molar-refractivity contribution in [1.82, 2.24) is 15.0 Å². The molecule has 2 aromatic carbocycles. The summed E-state index contributed by atoms with van der Waals surface area (Å²) < 4.78 is 10.9. The second-order valence-corrected chi connectivity index (χ2v) is 8.16. The minimum atomic E-state index is 0.270. The van der Waals surface area contributed by atoms with E-state index in [1.165, 1.54) is 0 Å². The van der Waals surface area contributed by atoms with Crippen LogP contribution in [0, 0.1) is 0 Å². The highest BCUT2D eigenvalue weighted by Crippen LogP contribution is 2.31. The average Bonchev–Trinajstić information content (AvgIpc) is 2.88. The van der Waals surface area contributed by atoms with E-state index in [0.29, 0.717) is 5.82 Å². The third-order valence-corrected chi connectivity index (χ3v) is 5.95. The van der Waals surface area contributed by atoms with Crippen LogP contribution in [0.3, 0.4) is 0 Å². The van der Waals surface area contributed by atoms with Gasteiger partial charge in [0.2, 0.25) is 0 Å². The Hall–Kier alpha value is -3.87. The topological polar surface area (TPSA) is 72.4 Å². The molecule has 1 aliphatic rings. The van der Waals surface area contributed by atoms with Crippen molar-refractivity contribution in [2.75, 3.05) is 37.5 Å². The number of nitrogens with one attached hydrogen (secondary N) is 1. The van der Waals surface area contributed by atoms with Crippen LogP contribution in [-0.4, -0.2) is 48.3 Å². The fraction of sp³-hybridized carbons (Fsp3) is 0.269. The molecule has 1 unspecified atom stereocenters. The van der Waals surface area contributed by atoms with Gasteiger partial charge in [0.25, 0.3) is 0 Å². The molecule has 1 aliphatic heterocycles. The second-order valence-electron chi connectivity index (χ2n) is 8.16. The van der Waals surface area contributed by atoms with Crippen molar-refractivity contribution in [2.45, 2.75) is 18.9 Å². The second kappa shape index (κ2) is 9.32. The molecule has 2 aromatic heterocycles. The zero-order valence-corrected chi connectivity index (χ0v) is 18.9. The number of nitrogens with zero attached hydrogens (tertiary/aromatic N) is 4. The number of fused-ring (bicyclic) bond motifs is 1. The van der Waals surface area contributed by atoms with Gasteiger partial charge in [0, 0.05) is 66.4 Å². The van der Waals surface area contributed by atoms with E-state index in [-0.39, 0.29) is 6.04 Å². The molecule has 33 heavy (non-hydrogen) atoms. The summed E-state index contributed by atoms with van der Waals surface area (Å²) in [6.07, 6.45) is 5.72.